The van der Waals surface area contributed by atoms with Crippen molar-refractivity contribution >= 4 is 0 Å². The molecule has 0 saturated heterocycles. The van der Waals surface area contributed by atoms with Gasteiger partial charge in [-0.05, 0) is 55.7 Å². The van der Waals surface area contributed by atoms with Gasteiger partial charge in [-0.15, -0.1) is 0 Å². The van der Waals surface area contributed by atoms with E-state index in [-0.39, 0.29) is 0 Å². The van der Waals surface area contributed by atoms with Crippen LogP contribution in [0.4, 0.5) is 0 Å². The average molecular weight is 248 g/mol. The highest BCUT2D eigenvalue weighted by molar-refractivity contribution is 5.28. The zero-order chi connectivity index (χ0) is 13.1. The van der Waals surface area contributed by atoms with Crippen LogP contribution in [0.15, 0.2) is 24.3 Å². The third-order valence-electron chi connectivity index (χ3n) is 4.22. The molecular weight excluding hydrogens is 224 g/mol. The second-order valence-electron chi connectivity index (χ2n) is 5.75. The summed E-state index contributed by atoms with van der Waals surface area (Å²) in [7, 11) is 0. The molecule has 0 radical (unpaired) electrons. The van der Waals surface area contributed by atoms with E-state index in [1.807, 2.05) is 24.3 Å². The minimum Gasteiger partial charge on any atom is -0.490 e. The third kappa shape index (κ3) is 3.26. The Morgan fingerprint density at radius 2 is 1.78 bits per heavy atom. The van der Waals surface area contributed by atoms with E-state index in [1.165, 1.54) is 6.42 Å². The van der Waals surface area contributed by atoms with Crippen LogP contribution in [0, 0.1) is 11.8 Å². The summed E-state index contributed by atoms with van der Waals surface area (Å²) < 4.78 is 6.03. The highest BCUT2D eigenvalue weighted by Crippen LogP contribution is 2.32. The summed E-state index contributed by atoms with van der Waals surface area (Å²) in [5.41, 5.74) is 0.938. The lowest BCUT2D eigenvalue weighted by Gasteiger charge is -2.32. The second-order valence-corrected chi connectivity index (χ2v) is 5.75. The van der Waals surface area contributed by atoms with Crippen molar-refractivity contribution in [2.24, 2.45) is 11.8 Å². The minimum atomic E-state index is -0.408. The molecule has 0 heterocycles. The van der Waals surface area contributed by atoms with Crippen molar-refractivity contribution in [1.82, 2.24) is 0 Å². The number of hydrogen-bond acceptors (Lipinski definition) is 2. The van der Waals surface area contributed by atoms with Crippen LogP contribution in [0.25, 0.3) is 0 Å². The van der Waals surface area contributed by atoms with Gasteiger partial charge in [0.25, 0.3) is 0 Å². The van der Waals surface area contributed by atoms with Crippen LogP contribution in [0.3, 0.4) is 0 Å². The third-order valence-corrected chi connectivity index (χ3v) is 4.22. The van der Waals surface area contributed by atoms with Crippen LogP contribution in [0.2, 0.25) is 0 Å². The number of rotatable bonds is 3. The summed E-state index contributed by atoms with van der Waals surface area (Å²) in [5, 5.41) is 9.46. The largest absolute Gasteiger partial charge is 0.490 e. The number of ether oxygens (including phenoxy) is 1. The monoisotopic (exact) mass is 248 g/mol. The first-order valence-corrected chi connectivity index (χ1v) is 7.01. The lowest BCUT2D eigenvalue weighted by atomic mass is 9.80. The Labute approximate surface area is 110 Å². The van der Waals surface area contributed by atoms with E-state index in [1.54, 1.807) is 6.92 Å². The Morgan fingerprint density at radius 1 is 1.11 bits per heavy atom. The molecule has 1 N–H and O–H groups in total. The van der Waals surface area contributed by atoms with Gasteiger partial charge in [0.15, 0.2) is 0 Å². The van der Waals surface area contributed by atoms with E-state index in [2.05, 4.69) is 13.8 Å². The standard InChI is InChI=1S/C16H24O2/c1-11-4-7-16(10-12(11)2)18-15-8-5-14(6-9-15)13(3)17/h5-6,8-9,11-13,16-17H,4,7,10H2,1-3H3/t11?,12?,13-,16?/m0/s1. The maximum absolute atomic E-state index is 9.46. The smallest absolute Gasteiger partial charge is 0.119 e. The van der Waals surface area contributed by atoms with Gasteiger partial charge in [-0.25, -0.2) is 0 Å². The highest BCUT2D eigenvalue weighted by Gasteiger charge is 2.25. The first kappa shape index (κ1) is 13.4. The first-order chi connectivity index (χ1) is 8.56. The summed E-state index contributed by atoms with van der Waals surface area (Å²) in [5.74, 6) is 2.49. The summed E-state index contributed by atoms with van der Waals surface area (Å²) in [6.45, 7) is 6.43. The molecule has 18 heavy (non-hydrogen) atoms. The molecule has 0 amide bonds. The molecule has 1 saturated carbocycles. The van der Waals surface area contributed by atoms with E-state index in [0.29, 0.717) is 6.10 Å². The van der Waals surface area contributed by atoms with E-state index in [4.69, 9.17) is 4.74 Å². The second kappa shape index (κ2) is 5.75. The van der Waals surface area contributed by atoms with Crippen LogP contribution in [0.5, 0.6) is 5.75 Å². The van der Waals surface area contributed by atoms with Crippen molar-refractivity contribution in [3.05, 3.63) is 29.8 Å². The van der Waals surface area contributed by atoms with Gasteiger partial charge < -0.3 is 9.84 Å². The molecule has 1 aromatic carbocycles. The van der Waals surface area contributed by atoms with E-state index in [0.717, 1.165) is 36.0 Å². The van der Waals surface area contributed by atoms with Gasteiger partial charge in [0.2, 0.25) is 0 Å². The quantitative estimate of drug-likeness (QED) is 0.877. The van der Waals surface area contributed by atoms with Gasteiger partial charge in [0.05, 0.1) is 12.2 Å². The molecule has 0 aromatic heterocycles. The molecule has 2 rings (SSSR count). The fourth-order valence-electron chi connectivity index (χ4n) is 2.62. The minimum absolute atomic E-state index is 0.355. The summed E-state index contributed by atoms with van der Waals surface area (Å²) in [4.78, 5) is 0. The van der Waals surface area contributed by atoms with Gasteiger partial charge >= 0.3 is 0 Å². The molecule has 2 nitrogen and oxygen atoms in total. The Bertz CT molecular complexity index is 369. The van der Waals surface area contributed by atoms with Crippen LogP contribution < -0.4 is 4.74 Å². The lowest BCUT2D eigenvalue weighted by Crippen LogP contribution is -2.28. The molecule has 0 bridgehead atoms. The lowest BCUT2D eigenvalue weighted by molar-refractivity contribution is 0.101. The number of benzene rings is 1. The van der Waals surface area contributed by atoms with Gasteiger partial charge in [-0.3, -0.25) is 0 Å². The normalized spacial score (nSPS) is 29.9. The molecule has 1 fully saturated rings. The fraction of sp³-hybridized carbons (Fsp3) is 0.625. The van der Waals surface area contributed by atoms with Gasteiger partial charge in [-0.1, -0.05) is 26.0 Å². The van der Waals surface area contributed by atoms with E-state index in [9.17, 15) is 5.11 Å². The summed E-state index contributed by atoms with van der Waals surface area (Å²) in [6, 6.07) is 7.80. The van der Waals surface area contributed by atoms with Crippen LogP contribution in [-0.2, 0) is 0 Å². The molecule has 0 spiro atoms. The predicted molar refractivity (Wildman–Crippen MR) is 73.7 cm³/mol. The molecule has 1 aliphatic carbocycles. The van der Waals surface area contributed by atoms with Crippen molar-refractivity contribution in [3.63, 3.8) is 0 Å². The van der Waals surface area contributed by atoms with Gasteiger partial charge in [0, 0.05) is 0 Å². The molecule has 0 aliphatic heterocycles. The maximum Gasteiger partial charge on any atom is 0.119 e. The highest BCUT2D eigenvalue weighted by atomic mass is 16.5. The van der Waals surface area contributed by atoms with Crippen LogP contribution in [-0.4, -0.2) is 11.2 Å². The van der Waals surface area contributed by atoms with Crippen molar-refractivity contribution in [2.75, 3.05) is 0 Å². The van der Waals surface area contributed by atoms with E-state index >= 15 is 0 Å². The van der Waals surface area contributed by atoms with Crippen LogP contribution in [0.1, 0.15) is 51.7 Å². The number of hydrogen-bond donors (Lipinski definition) is 1. The Balaban J connectivity index is 1.93. The molecular formula is C16H24O2. The average Bonchev–Trinajstić information content (AvgIpc) is 2.34. The predicted octanol–water partition coefficient (Wildman–Crippen LogP) is 3.94. The molecule has 3 unspecified atom stereocenters. The topological polar surface area (TPSA) is 29.5 Å². The zero-order valence-corrected chi connectivity index (χ0v) is 11.6. The van der Waals surface area contributed by atoms with Crippen molar-refractivity contribution in [1.29, 1.82) is 0 Å². The summed E-state index contributed by atoms with van der Waals surface area (Å²) >= 11 is 0. The molecule has 1 aromatic rings. The van der Waals surface area contributed by atoms with E-state index < -0.39 is 6.10 Å². The Morgan fingerprint density at radius 3 is 2.33 bits per heavy atom. The van der Waals surface area contributed by atoms with Gasteiger partial charge in [0.1, 0.15) is 5.75 Å². The summed E-state index contributed by atoms with van der Waals surface area (Å²) in [6.07, 6.45) is 3.52. The molecule has 1 aliphatic rings. The van der Waals surface area contributed by atoms with Crippen molar-refractivity contribution < 1.29 is 9.84 Å². The molecule has 100 valence electrons. The maximum atomic E-state index is 9.46. The van der Waals surface area contributed by atoms with Gasteiger partial charge in [-0.2, -0.15) is 0 Å². The number of aliphatic hydroxyl groups excluding tert-OH is 1. The van der Waals surface area contributed by atoms with Crippen molar-refractivity contribution in [3.8, 4) is 5.75 Å². The van der Waals surface area contributed by atoms with Crippen molar-refractivity contribution in [2.45, 2.75) is 52.2 Å². The SMILES string of the molecule is CC1CCC(Oc2ccc([C@H](C)O)cc2)CC1C. The molecule has 2 heteroatoms. The first-order valence-electron chi connectivity index (χ1n) is 7.01. The number of aliphatic hydroxyl groups is 1. The Hall–Kier alpha value is -1.02. The Kier molecular flexibility index (Phi) is 4.28. The molecule has 4 atom stereocenters. The zero-order valence-electron chi connectivity index (χ0n) is 11.6. The van der Waals surface area contributed by atoms with Crippen LogP contribution >= 0.6 is 0 Å². The fourth-order valence-corrected chi connectivity index (χ4v) is 2.62.